The molecule has 1 aliphatic heterocycles. The molecule has 0 saturated heterocycles. The molecular weight excluding hydrogens is 421 g/mol. The highest BCUT2D eigenvalue weighted by atomic mass is 32.1. The van der Waals surface area contributed by atoms with Crippen LogP contribution in [0.1, 0.15) is 49.9 Å². The second kappa shape index (κ2) is 8.32. The number of amides is 1. The molecule has 2 aromatic rings. The molecule has 0 aliphatic carbocycles. The van der Waals surface area contributed by atoms with Crippen LogP contribution in [-0.4, -0.2) is 38.5 Å². The van der Waals surface area contributed by atoms with Crippen LogP contribution in [0.5, 0.6) is 0 Å². The van der Waals surface area contributed by atoms with Gasteiger partial charge >= 0.3 is 12.1 Å². The number of benzene rings is 1. The lowest BCUT2D eigenvalue weighted by Crippen LogP contribution is -2.43. The van der Waals surface area contributed by atoms with Gasteiger partial charge in [0, 0.05) is 22.8 Å². The third-order valence-corrected chi connectivity index (χ3v) is 5.13. The predicted molar refractivity (Wildman–Crippen MR) is 114 cm³/mol. The fourth-order valence-corrected chi connectivity index (χ4v) is 3.75. The molecule has 1 aromatic carbocycles. The molecule has 0 spiro atoms. The summed E-state index contributed by atoms with van der Waals surface area (Å²) in [4.78, 5) is 35.1. The van der Waals surface area contributed by atoms with Crippen LogP contribution in [0.15, 0.2) is 46.0 Å². The van der Waals surface area contributed by atoms with Gasteiger partial charge in [0.15, 0.2) is 10.8 Å². The summed E-state index contributed by atoms with van der Waals surface area (Å²) in [6.45, 7) is 6.59. The van der Waals surface area contributed by atoms with Crippen LogP contribution in [-0.2, 0) is 9.53 Å². The first-order chi connectivity index (χ1) is 14.5. The van der Waals surface area contributed by atoms with E-state index in [1.54, 1.807) is 32.3 Å². The van der Waals surface area contributed by atoms with Crippen LogP contribution in [0, 0.1) is 18.2 Å². The molecule has 0 saturated carbocycles. The number of aliphatic imine (C=N–C) groups is 1. The number of hydrogen-bond acceptors (Lipinski definition) is 6. The smallest absolute Gasteiger partial charge is 0.420 e. The van der Waals surface area contributed by atoms with Crippen molar-refractivity contribution in [2.24, 2.45) is 4.99 Å². The first-order valence-corrected chi connectivity index (χ1v) is 10.1. The monoisotopic (exact) mass is 441 g/mol. The Labute approximate surface area is 182 Å². The normalized spacial score (nSPS) is 16.6. The van der Waals surface area contributed by atoms with E-state index in [4.69, 9.17) is 11.2 Å². The number of thiazole rings is 1. The van der Waals surface area contributed by atoms with Crippen LogP contribution in [0.4, 0.5) is 9.18 Å². The highest BCUT2D eigenvalue weighted by Gasteiger charge is 2.39. The van der Waals surface area contributed by atoms with Gasteiger partial charge in [-0.15, -0.1) is 17.8 Å². The third-order valence-electron chi connectivity index (χ3n) is 4.36. The molecule has 0 fully saturated rings. The first-order valence-electron chi connectivity index (χ1n) is 9.24. The van der Waals surface area contributed by atoms with Gasteiger partial charge in [0.25, 0.3) is 0 Å². The second-order valence-corrected chi connectivity index (χ2v) is 8.58. The zero-order valence-corrected chi connectivity index (χ0v) is 18.2. The Hall–Kier alpha value is -3.51. The van der Waals surface area contributed by atoms with Crippen LogP contribution in [0.3, 0.4) is 0 Å². The van der Waals surface area contributed by atoms with E-state index in [2.05, 4.69) is 15.9 Å². The molecule has 9 heteroatoms. The molecule has 3 rings (SSSR count). The minimum absolute atomic E-state index is 0.110. The molecule has 2 heterocycles. The van der Waals surface area contributed by atoms with E-state index in [0.29, 0.717) is 10.6 Å². The number of ether oxygens (including phenoxy) is 1. The summed E-state index contributed by atoms with van der Waals surface area (Å²) in [5, 5.41) is 12.1. The summed E-state index contributed by atoms with van der Waals surface area (Å²) in [5.74, 6) is 0.670. The zero-order chi connectivity index (χ0) is 22.9. The maximum absolute atomic E-state index is 13.7. The van der Waals surface area contributed by atoms with Gasteiger partial charge in [-0.2, -0.15) is 0 Å². The highest BCUT2D eigenvalue weighted by molar-refractivity contribution is 7.11. The molecule has 0 bridgehead atoms. The molecule has 1 aromatic heterocycles. The zero-order valence-electron chi connectivity index (χ0n) is 17.3. The van der Waals surface area contributed by atoms with Gasteiger partial charge in [0.05, 0.1) is 5.57 Å². The Kier molecular flexibility index (Phi) is 5.95. The first kappa shape index (κ1) is 22.2. The van der Waals surface area contributed by atoms with Crippen LogP contribution < -0.4 is 0 Å². The fourth-order valence-electron chi connectivity index (χ4n) is 3.13. The highest BCUT2D eigenvalue weighted by Crippen LogP contribution is 2.37. The molecular formula is C22H20FN3O4S. The standard InChI is InChI=1S/C22H20FN3O4S/c1-6-13-11-14(23)7-8-15(13)17-16(20(27)28)12(2)26(21(29)30-22(3,4)5)18(25-17)19-24-9-10-31-19/h1,7-11,17H,2-5H3,(H,27,28)/t17-/m0/s1. The topological polar surface area (TPSA) is 92.1 Å². The van der Waals surface area contributed by atoms with Crippen LogP contribution in [0.25, 0.3) is 0 Å². The van der Waals surface area contributed by atoms with Gasteiger partial charge in [-0.25, -0.2) is 23.9 Å². The number of amidine groups is 1. The predicted octanol–water partition coefficient (Wildman–Crippen LogP) is 4.36. The fraction of sp³-hybridized carbons (Fsp3) is 0.273. The molecule has 1 aliphatic rings. The van der Waals surface area contributed by atoms with Crippen LogP contribution in [0.2, 0.25) is 0 Å². The molecule has 160 valence electrons. The van der Waals surface area contributed by atoms with Gasteiger partial charge in [0.1, 0.15) is 17.5 Å². The molecule has 0 unspecified atom stereocenters. The number of carbonyl (C=O) groups is 2. The molecule has 31 heavy (non-hydrogen) atoms. The van der Waals surface area contributed by atoms with E-state index in [-0.39, 0.29) is 22.7 Å². The van der Waals surface area contributed by atoms with Crippen molar-refractivity contribution in [3.63, 3.8) is 0 Å². The van der Waals surface area contributed by atoms with E-state index in [9.17, 15) is 19.1 Å². The van der Waals surface area contributed by atoms with Gasteiger partial charge < -0.3 is 9.84 Å². The summed E-state index contributed by atoms with van der Waals surface area (Å²) >= 11 is 1.23. The number of carboxylic acids is 1. The molecule has 1 N–H and O–H groups in total. The number of hydrogen-bond donors (Lipinski definition) is 1. The lowest BCUT2D eigenvalue weighted by atomic mass is 9.92. The van der Waals surface area contributed by atoms with E-state index < -0.39 is 29.5 Å². The van der Waals surface area contributed by atoms with Crippen molar-refractivity contribution in [3.8, 4) is 12.3 Å². The SMILES string of the molecule is C#Cc1cc(F)ccc1[C@@H]1N=C(c2nccs2)N(C(=O)OC(C)(C)C)C(C)=C1C(=O)O. The summed E-state index contributed by atoms with van der Waals surface area (Å²) in [6.07, 6.45) is 6.29. The number of carbonyl (C=O) groups excluding carboxylic acids is 1. The summed E-state index contributed by atoms with van der Waals surface area (Å²) in [7, 11) is 0. The van der Waals surface area contributed by atoms with Crippen molar-refractivity contribution in [2.75, 3.05) is 0 Å². The minimum atomic E-state index is -1.29. The van der Waals surface area contributed by atoms with Gasteiger partial charge in [-0.3, -0.25) is 4.99 Å². The maximum atomic E-state index is 13.7. The van der Waals surface area contributed by atoms with E-state index in [1.807, 2.05) is 0 Å². The van der Waals surface area contributed by atoms with Gasteiger partial charge in [-0.1, -0.05) is 12.0 Å². The minimum Gasteiger partial charge on any atom is -0.478 e. The van der Waals surface area contributed by atoms with Crippen molar-refractivity contribution >= 4 is 29.2 Å². The van der Waals surface area contributed by atoms with E-state index in [1.165, 1.54) is 30.4 Å². The van der Waals surface area contributed by atoms with E-state index >= 15 is 0 Å². The van der Waals surface area contributed by atoms with Crippen molar-refractivity contribution in [1.82, 2.24) is 9.88 Å². The molecule has 7 nitrogen and oxygen atoms in total. The van der Waals surface area contributed by atoms with Crippen molar-refractivity contribution in [2.45, 2.75) is 39.3 Å². The third kappa shape index (κ3) is 4.49. The Morgan fingerprint density at radius 3 is 2.61 bits per heavy atom. The second-order valence-electron chi connectivity index (χ2n) is 7.69. The maximum Gasteiger partial charge on any atom is 0.420 e. The molecule has 1 amide bonds. The number of terminal acetylenes is 1. The van der Waals surface area contributed by atoms with Crippen molar-refractivity contribution < 1.29 is 23.8 Å². The lowest BCUT2D eigenvalue weighted by molar-refractivity contribution is -0.133. The number of carboxylic acid groups (broad SMARTS) is 1. The molecule has 1 atom stereocenters. The Balaban J connectivity index is 2.25. The van der Waals surface area contributed by atoms with Crippen molar-refractivity contribution in [3.05, 3.63) is 63.0 Å². The largest absolute Gasteiger partial charge is 0.478 e. The lowest BCUT2D eigenvalue weighted by Gasteiger charge is -2.33. The van der Waals surface area contributed by atoms with E-state index in [0.717, 1.165) is 11.0 Å². The Morgan fingerprint density at radius 2 is 2.06 bits per heavy atom. The average molecular weight is 441 g/mol. The van der Waals surface area contributed by atoms with Crippen LogP contribution >= 0.6 is 11.3 Å². The van der Waals surface area contributed by atoms with Crippen molar-refractivity contribution in [1.29, 1.82) is 0 Å². The summed E-state index contributed by atoms with van der Waals surface area (Å²) in [6, 6.07) is 2.66. The number of halogens is 1. The number of rotatable bonds is 3. The number of nitrogens with zero attached hydrogens (tertiary/aromatic N) is 3. The Morgan fingerprint density at radius 1 is 1.35 bits per heavy atom. The quantitative estimate of drug-likeness (QED) is 0.715. The number of allylic oxidation sites excluding steroid dienone is 1. The Bertz CT molecular complexity index is 1140. The average Bonchev–Trinajstić information content (AvgIpc) is 3.19. The summed E-state index contributed by atoms with van der Waals surface area (Å²) < 4.78 is 19.2. The number of aliphatic carboxylic acids is 1. The van der Waals surface area contributed by atoms with Gasteiger partial charge in [0.2, 0.25) is 0 Å². The number of aromatic nitrogens is 1. The molecule has 0 radical (unpaired) electrons. The summed E-state index contributed by atoms with van der Waals surface area (Å²) in [5.41, 5.74) is -0.379. The van der Waals surface area contributed by atoms with Gasteiger partial charge in [-0.05, 0) is 45.4 Å².